The summed E-state index contributed by atoms with van der Waals surface area (Å²) in [5, 5.41) is 2.64. The quantitative estimate of drug-likeness (QED) is 0.716. The summed E-state index contributed by atoms with van der Waals surface area (Å²) >= 11 is 0. The van der Waals surface area contributed by atoms with Gasteiger partial charge in [0.05, 0.1) is 17.7 Å². The minimum atomic E-state index is -4.08. The van der Waals surface area contributed by atoms with Gasteiger partial charge in [-0.1, -0.05) is 36.4 Å². The number of ether oxygens (including phenoxy) is 2. The van der Waals surface area contributed by atoms with E-state index in [1.165, 1.54) is 35.4 Å². The van der Waals surface area contributed by atoms with Crippen LogP contribution < -0.4 is 10.2 Å². The van der Waals surface area contributed by atoms with Crippen molar-refractivity contribution < 1.29 is 27.5 Å². The van der Waals surface area contributed by atoms with Gasteiger partial charge in [-0.25, -0.2) is 13.2 Å². The lowest BCUT2D eigenvalue weighted by Crippen LogP contribution is -2.56. The van der Waals surface area contributed by atoms with Crippen LogP contribution in [0.25, 0.3) is 0 Å². The Morgan fingerprint density at radius 3 is 2.36 bits per heavy atom. The number of sulfonamides is 1. The van der Waals surface area contributed by atoms with E-state index in [1.807, 2.05) is 6.07 Å². The highest BCUT2D eigenvalue weighted by atomic mass is 32.2. The van der Waals surface area contributed by atoms with Crippen LogP contribution in [0.2, 0.25) is 0 Å². The lowest BCUT2D eigenvalue weighted by Gasteiger charge is -2.40. The van der Waals surface area contributed by atoms with E-state index in [1.54, 1.807) is 50.2 Å². The molecule has 10 heteroatoms. The number of hydrogen-bond donors (Lipinski definition) is 1. The number of fused-ring (bicyclic) bond motifs is 3. The highest BCUT2D eigenvalue weighted by Crippen LogP contribution is 2.59. The van der Waals surface area contributed by atoms with Gasteiger partial charge in [-0.15, -0.1) is 0 Å². The summed E-state index contributed by atoms with van der Waals surface area (Å²) in [6, 6.07) is 15.3. The van der Waals surface area contributed by atoms with Crippen molar-refractivity contribution in [1.82, 2.24) is 9.62 Å². The average Bonchev–Trinajstić information content (AvgIpc) is 3.17. The number of nitrogens with zero attached hydrogens (tertiary/aromatic N) is 2. The second kappa shape index (κ2) is 8.12. The third kappa shape index (κ3) is 3.49. The van der Waals surface area contributed by atoms with Crippen LogP contribution in [0.5, 0.6) is 0 Å². The molecule has 0 spiro atoms. The number of nitrogens with one attached hydrogen (secondary N) is 1. The van der Waals surface area contributed by atoms with Gasteiger partial charge >= 0.3 is 6.09 Å². The molecule has 0 saturated carbocycles. The normalized spacial score (nSPS) is 23.6. The summed E-state index contributed by atoms with van der Waals surface area (Å²) in [6.45, 7) is 4.86. The fraction of sp³-hybridized carbons (Fsp3) is 0.391. The second-order valence-electron chi connectivity index (χ2n) is 8.50. The fourth-order valence-electron chi connectivity index (χ4n) is 5.01. The lowest BCUT2D eigenvalue weighted by molar-refractivity contribution is -0.120. The van der Waals surface area contributed by atoms with E-state index in [-0.39, 0.29) is 23.8 Å². The number of hydrogen-bond acceptors (Lipinski definition) is 6. The average molecular weight is 474 g/mol. The van der Waals surface area contributed by atoms with Crippen molar-refractivity contribution in [2.75, 3.05) is 18.6 Å². The Bertz CT molecular complexity index is 1180. The monoisotopic (exact) mass is 473 g/mol. The van der Waals surface area contributed by atoms with Gasteiger partial charge in [0.25, 0.3) is 0 Å². The largest absolute Gasteiger partial charge is 0.453 e. The number of para-hydroxylation sites is 1. The highest BCUT2D eigenvalue weighted by molar-refractivity contribution is 7.89. The van der Waals surface area contributed by atoms with Crippen LogP contribution in [0.15, 0.2) is 59.5 Å². The fourth-order valence-corrected chi connectivity index (χ4v) is 7.05. The van der Waals surface area contributed by atoms with Gasteiger partial charge in [0.1, 0.15) is 11.3 Å². The molecule has 1 N–H and O–H groups in total. The first-order valence-corrected chi connectivity index (χ1v) is 12.0. The highest BCUT2D eigenvalue weighted by Gasteiger charge is 2.69. The molecular formula is C23H27N3O6S. The molecule has 2 amide bonds. The predicted octanol–water partition coefficient (Wildman–Crippen LogP) is 2.78. The summed E-state index contributed by atoms with van der Waals surface area (Å²) in [7, 11) is -2.82. The van der Waals surface area contributed by atoms with E-state index in [0.717, 1.165) is 0 Å². The van der Waals surface area contributed by atoms with Crippen LogP contribution in [-0.4, -0.2) is 50.3 Å². The standard InChI is InChI=1S/C23H27N3O6S/c1-16(27)25-19-13-9-8-12-18(19)23(14-15-24-21(28)31-4)20(25)32-22(2,3)26(23)33(29,30)17-10-6-5-7-11-17/h5-13,20H,14-15H2,1-4H3,(H,24,28)/t20-,23-/m0/s1. The molecule has 0 bridgehead atoms. The van der Waals surface area contributed by atoms with Crippen molar-refractivity contribution in [2.45, 2.75) is 49.6 Å². The van der Waals surface area contributed by atoms with E-state index in [9.17, 15) is 18.0 Å². The van der Waals surface area contributed by atoms with E-state index in [0.29, 0.717) is 11.3 Å². The van der Waals surface area contributed by atoms with E-state index in [4.69, 9.17) is 4.74 Å². The van der Waals surface area contributed by atoms with Crippen LogP contribution in [0.1, 0.15) is 32.8 Å². The van der Waals surface area contributed by atoms with Gasteiger partial charge in [-0.2, -0.15) is 4.31 Å². The molecule has 0 aliphatic carbocycles. The molecule has 2 atom stereocenters. The molecule has 2 aromatic carbocycles. The number of methoxy groups -OCH3 is 1. The zero-order valence-corrected chi connectivity index (χ0v) is 19.8. The van der Waals surface area contributed by atoms with Crippen molar-refractivity contribution in [2.24, 2.45) is 0 Å². The maximum atomic E-state index is 14.1. The maximum Gasteiger partial charge on any atom is 0.406 e. The first-order valence-electron chi connectivity index (χ1n) is 10.6. The van der Waals surface area contributed by atoms with Gasteiger partial charge in [-0.05, 0) is 38.5 Å². The molecule has 9 nitrogen and oxygen atoms in total. The summed E-state index contributed by atoms with van der Waals surface area (Å²) in [4.78, 5) is 26.1. The molecule has 0 aromatic heterocycles. The van der Waals surface area contributed by atoms with Gasteiger partial charge < -0.3 is 14.8 Å². The van der Waals surface area contributed by atoms with Gasteiger partial charge in [0.2, 0.25) is 15.9 Å². The number of alkyl carbamates (subject to hydrolysis) is 1. The first-order chi connectivity index (χ1) is 15.6. The molecule has 33 heavy (non-hydrogen) atoms. The topological polar surface area (TPSA) is 105 Å². The van der Waals surface area contributed by atoms with Gasteiger partial charge in [0, 0.05) is 19.0 Å². The Balaban J connectivity index is 1.95. The number of anilines is 1. The molecule has 2 aromatic rings. The van der Waals surface area contributed by atoms with E-state index < -0.39 is 33.6 Å². The van der Waals surface area contributed by atoms with Gasteiger partial charge in [-0.3, -0.25) is 9.69 Å². The summed E-state index contributed by atoms with van der Waals surface area (Å²) in [5.41, 5.74) is -1.34. The Labute approximate surface area is 193 Å². The van der Waals surface area contributed by atoms with E-state index >= 15 is 0 Å². The second-order valence-corrected chi connectivity index (χ2v) is 10.3. The molecule has 1 saturated heterocycles. The molecular weight excluding hydrogens is 446 g/mol. The molecule has 176 valence electrons. The number of benzene rings is 2. The summed E-state index contributed by atoms with van der Waals surface area (Å²) in [6.07, 6.45) is -1.39. The lowest BCUT2D eigenvalue weighted by atomic mass is 9.87. The Hall–Kier alpha value is -2.95. The minimum absolute atomic E-state index is 0.101. The van der Waals surface area contributed by atoms with Crippen LogP contribution in [0.4, 0.5) is 10.5 Å². The molecule has 1 fully saturated rings. The van der Waals surface area contributed by atoms with Crippen molar-refractivity contribution in [3.05, 3.63) is 60.2 Å². The van der Waals surface area contributed by atoms with Crippen molar-refractivity contribution in [3.8, 4) is 0 Å². The Morgan fingerprint density at radius 1 is 1.09 bits per heavy atom. The number of carbonyl (C=O) groups is 2. The summed E-state index contributed by atoms with van der Waals surface area (Å²) < 4.78 is 40.5. The Morgan fingerprint density at radius 2 is 1.73 bits per heavy atom. The SMILES string of the molecule is COC(=O)NCC[C@]12c3ccccc3N(C(C)=O)[C@H]1OC(C)(C)N2S(=O)(=O)c1ccccc1. The van der Waals surface area contributed by atoms with Crippen LogP contribution in [-0.2, 0) is 29.8 Å². The van der Waals surface area contributed by atoms with Gasteiger partial charge in [0.15, 0.2) is 6.23 Å². The predicted molar refractivity (Wildman–Crippen MR) is 121 cm³/mol. The van der Waals surface area contributed by atoms with Crippen molar-refractivity contribution in [1.29, 1.82) is 0 Å². The minimum Gasteiger partial charge on any atom is -0.453 e. The zero-order valence-electron chi connectivity index (χ0n) is 18.9. The van der Waals surface area contributed by atoms with Crippen LogP contribution in [0, 0.1) is 0 Å². The van der Waals surface area contributed by atoms with Crippen molar-refractivity contribution in [3.63, 3.8) is 0 Å². The van der Waals surface area contributed by atoms with Crippen molar-refractivity contribution >= 4 is 27.7 Å². The third-order valence-electron chi connectivity index (χ3n) is 6.11. The zero-order chi connectivity index (χ0) is 24.0. The van der Waals surface area contributed by atoms with Crippen LogP contribution >= 0.6 is 0 Å². The molecule has 2 aliphatic rings. The molecule has 0 radical (unpaired) electrons. The molecule has 4 rings (SSSR count). The molecule has 0 unspecified atom stereocenters. The Kier molecular flexibility index (Phi) is 5.71. The summed E-state index contributed by atoms with van der Waals surface area (Å²) in [5.74, 6) is -0.273. The smallest absolute Gasteiger partial charge is 0.406 e. The van der Waals surface area contributed by atoms with Crippen LogP contribution in [0.3, 0.4) is 0 Å². The number of amides is 2. The first kappa shape index (κ1) is 23.2. The third-order valence-corrected chi connectivity index (χ3v) is 8.22. The maximum absolute atomic E-state index is 14.1. The van der Waals surface area contributed by atoms with E-state index in [2.05, 4.69) is 10.1 Å². The molecule has 2 heterocycles. The molecule has 2 aliphatic heterocycles. The number of carbonyl (C=O) groups excluding carboxylic acids is 2. The number of rotatable bonds is 5.